The molecule has 0 radical (unpaired) electrons. The molecule has 5 aromatic rings. The quantitative estimate of drug-likeness (QED) is 0.161. The second-order valence-electron chi connectivity index (χ2n) is 9.92. The lowest BCUT2D eigenvalue weighted by Gasteiger charge is -2.35. The second kappa shape index (κ2) is 11.3. The maximum atomic E-state index is 13.1. The lowest BCUT2D eigenvalue weighted by molar-refractivity contribution is -0.384. The van der Waals surface area contributed by atoms with Gasteiger partial charge in [0.1, 0.15) is 5.65 Å². The number of halogens is 2. The van der Waals surface area contributed by atoms with E-state index in [4.69, 9.17) is 28.2 Å². The van der Waals surface area contributed by atoms with Gasteiger partial charge in [0.05, 0.1) is 26.9 Å². The molecule has 0 atom stereocenters. The van der Waals surface area contributed by atoms with E-state index in [2.05, 4.69) is 15.5 Å². The van der Waals surface area contributed by atoms with Crippen molar-refractivity contribution in [2.45, 2.75) is 6.54 Å². The summed E-state index contributed by atoms with van der Waals surface area (Å²) in [4.78, 5) is 33.0. The summed E-state index contributed by atoms with van der Waals surface area (Å²) in [6, 6.07) is 25.3. The van der Waals surface area contributed by atoms with Gasteiger partial charge in [-0.05, 0) is 59.7 Å². The minimum atomic E-state index is -0.408. The molecule has 41 heavy (non-hydrogen) atoms. The third-order valence-corrected chi connectivity index (χ3v) is 7.93. The minimum Gasteiger partial charge on any atom is -0.336 e. The molecule has 1 saturated heterocycles. The summed E-state index contributed by atoms with van der Waals surface area (Å²) in [5, 5.41) is 12.3. The fraction of sp³-hybridized carbons (Fsp3) is 0.161. The van der Waals surface area contributed by atoms with Crippen molar-refractivity contribution in [3.05, 3.63) is 123 Å². The van der Waals surface area contributed by atoms with E-state index in [1.165, 1.54) is 12.1 Å². The number of pyridine rings is 1. The first kappa shape index (κ1) is 27.0. The fourth-order valence-electron chi connectivity index (χ4n) is 5.18. The number of aromatic nitrogens is 2. The van der Waals surface area contributed by atoms with Crippen LogP contribution in [-0.4, -0.2) is 56.2 Å². The molecule has 0 spiro atoms. The van der Waals surface area contributed by atoms with Gasteiger partial charge >= 0.3 is 0 Å². The molecular weight excluding hydrogens is 561 g/mol. The van der Waals surface area contributed by atoms with E-state index in [-0.39, 0.29) is 11.6 Å². The molecule has 1 aliphatic heterocycles. The Kier molecular flexibility index (Phi) is 7.45. The molecule has 6 rings (SSSR count). The third-order valence-electron chi connectivity index (χ3n) is 7.36. The van der Waals surface area contributed by atoms with Crippen LogP contribution in [0.3, 0.4) is 0 Å². The monoisotopic (exact) mass is 585 g/mol. The average molecular weight is 586 g/mol. The van der Waals surface area contributed by atoms with Crippen LogP contribution in [-0.2, 0) is 6.54 Å². The first-order valence-electron chi connectivity index (χ1n) is 13.2. The lowest BCUT2D eigenvalue weighted by atomic mass is 10.1. The zero-order chi connectivity index (χ0) is 28.5. The summed E-state index contributed by atoms with van der Waals surface area (Å²) in [7, 11) is 0. The number of imidazole rings is 1. The minimum absolute atomic E-state index is 0.0293. The largest absolute Gasteiger partial charge is 0.336 e. The predicted molar refractivity (Wildman–Crippen MR) is 160 cm³/mol. The summed E-state index contributed by atoms with van der Waals surface area (Å²) in [6.07, 6.45) is 2.05. The summed E-state index contributed by atoms with van der Waals surface area (Å²) in [5.74, 6) is -0.0669. The van der Waals surface area contributed by atoms with Crippen molar-refractivity contribution < 1.29 is 9.72 Å². The van der Waals surface area contributed by atoms with E-state index in [0.29, 0.717) is 48.3 Å². The highest BCUT2D eigenvalue weighted by atomic mass is 35.5. The van der Waals surface area contributed by atoms with E-state index >= 15 is 0 Å². The van der Waals surface area contributed by atoms with Crippen molar-refractivity contribution in [2.24, 2.45) is 0 Å². The molecule has 1 fully saturated rings. The van der Waals surface area contributed by atoms with Gasteiger partial charge in [0.2, 0.25) is 0 Å². The zero-order valence-electron chi connectivity index (χ0n) is 21.9. The number of piperazine rings is 1. The topological polar surface area (TPSA) is 84.0 Å². The molecule has 3 aromatic carbocycles. The van der Waals surface area contributed by atoms with Gasteiger partial charge in [-0.3, -0.25) is 19.8 Å². The van der Waals surface area contributed by atoms with Crippen LogP contribution in [0.15, 0.2) is 91.1 Å². The molecule has 10 heteroatoms. The maximum absolute atomic E-state index is 13.1. The number of hydrogen-bond donors (Lipinski definition) is 0. The number of nitrogens with zero attached hydrogens (tertiary/aromatic N) is 5. The second-order valence-corrected chi connectivity index (χ2v) is 10.8. The van der Waals surface area contributed by atoms with E-state index in [1.54, 1.807) is 24.3 Å². The van der Waals surface area contributed by atoms with Crippen LogP contribution in [0, 0.1) is 10.1 Å². The van der Waals surface area contributed by atoms with Crippen LogP contribution in [0.25, 0.3) is 28.0 Å². The zero-order valence-corrected chi connectivity index (χ0v) is 23.4. The van der Waals surface area contributed by atoms with Gasteiger partial charge in [-0.15, -0.1) is 0 Å². The van der Waals surface area contributed by atoms with Crippen LogP contribution in [0.4, 0.5) is 5.69 Å². The number of carbonyl (C=O) groups is 1. The Morgan fingerprint density at radius 2 is 1.59 bits per heavy atom. The standard InChI is InChI=1S/C31H25Cl2N5O3/c32-24-5-3-4-22(18-24)23-10-13-29-34-30(21-8-11-25(12-9-21)38(40)41)28(37(29)19-23)20-35-14-16-36(17-15-35)31(39)26-6-1-2-7-27(26)33/h1-13,18-19H,14-17,20H2. The Balaban J connectivity index is 1.32. The molecule has 1 aliphatic rings. The SMILES string of the molecule is O=C(c1ccccc1Cl)N1CCN(Cc2c(-c3ccc([N+](=O)[O-])cc3)nc3ccc(-c4cccc(Cl)c4)cn23)CC1. The van der Waals surface area contributed by atoms with Crippen molar-refractivity contribution in [2.75, 3.05) is 26.2 Å². The third kappa shape index (κ3) is 5.54. The number of fused-ring (bicyclic) bond motifs is 1. The van der Waals surface area contributed by atoms with Crippen LogP contribution < -0.4 is 0 Å². The number of nitro groups is 1. The Labute approximate surface area is 246 Å². The van der Waals surface area contributed by atoms with Gasteiger partial charge in [0.25, 0.3) is 11.6 Å². The molecular formula is C31H25Cl2N5O3. The normalized spacial score (nSPS) is 14.0. The Morgan fingerprint density at radius 1 is 0.854 bits per heavy atom. The first-order chi connectivity index (χ1) is 19.9. The van der Waals surface area contributed by atoms with Gasteiger partial charge in [-0.1, -0.05) is 47.5 Å². The number of non-ortho nitro benzene ring substituents is 1. The predicted octanol–water partition coefficient (Wildman–Crippen LogP) is 6.84. The molecule has 3 heterocycles. The van der Waals surface area contributed by atoms with Crippen molar-refractivity contribution in [1.29, 1.82) is 0 Å². The van der Waals surface area contributed by atoms with E-state index in [9.17, 15) is 14.9 Å². The van der Waals surface area contributed by atoms with Crippen LogP contribution in [0.5, 0.6) is 0 Å². The molecule has 0 unspecified atom stereocenters. The Morgan fingerprint density at radius 3 is 2.29 bits per heavy atom. The van der Waals surface area contributed by atoms with Crippen LogP contribution >= 0.6 is 23.2 Å². The van der Waals surface area contributed by atoms with Gasteiger partial charge in [-0.25, -0.2) is 4.98 Å². The molecule has 0 N–H and O–H groups in total. The van der Waals surface area contributed by atoms with Crippen molar-refractivity contribution >= 4 is 40.4 Å². The molecule has 206 valence electrons. The number of carbonyl (C=O) groups excluding carboxylic acids is 1. The maximum Gasteiger partial charge on any atom is 0.269 e. The van der Waals surface area contributed by atoms with Gasteiger partial charge in [0.15, 0.2) is 0 Å². The van der Waals surface area contributed by atoms with Crippen molar-refractivity contribution in [1.82, 2.24) is 19.2 Å². The lowest BCUT2D eigenvalue weighted by Crippen LogP contribution is -2.48. The Bertz CT molecular complexity index is 1760. The molecule has 8 nitrogen and oxygen atoms in total. The average Bonchev–Trinajstić information content (AvgIpc) is 3.35. The summed E-state index contributed by atoms with van der Waals surface area (Å²) in [6.45, 7) is 3.08. The van der Waals surface area contributed by atoms with Gasteiger partial charge < -0.3 is 9.30 Å². The van der Waals surface area contributed by atoms with Crippen LogP contribution in [0.1, 0.15) is 16.1 Å². The highest BCUT2D eigenvalue weighted by Gasteiger charge is 2.25. The number of rotatable bonds is 6. The first-order valence-corrected chi connectivity index (χ1v) is 13.9. The van der Waals surface area contributed by atoms with Gasteiger partial charge in [0, 0.05) is 61.6 Å². The number of benzene rings is 3. The van der Waals surface area contributed by atoms with Crippen molar-refractivity contribution in [3.63, 3.8) is 0 Å². The van der Waals surface area contributed by atoms with Crippen molar-refractivity contribution in [3.8, 4) is 22.4 Å². The number of nitro benzene ring substituents is 1. The molecule has 0 saturated carbocycles. The highest BCUT2D eigenvalue weighted by molar-refractivity contribution is 6.33. The highest BCUT2D eigenvalue weighted by Crippen LogP contribution is 2.30. The van der Waals surface area contributed by atoms with Gasteiger partial charge in [-0.2, -0.15) is 0 Å². The summed E-state index contributed by atoms with van der Waals surface area (Å²) in [5.41, 5.74) is 5.81. The summed E-state index contributed by atoms with van der Waals surface area (Å²) >= 11 is 12.5. The van der Waals surface area contributed by atoms with E-state index in [0.717, 1.165) is 33.7 Å². The molecule has 0 aliphatic carbocycles. The fourth-order valence-corrected chi connectivity index (χ4v) is 5.59. The number of amides is 1. The Hall–Kier alpha value is -4.24. The van der Waals surface area contributed by atoms with E-state index < -0.39 is 4.92 Å². The summed E-state index contributed by atoms with van der Waals surface area (Å²) < 4.78 is 2.08. The molecule has 0 bridgehead atoms. The molecule has 1 amide bonds. The van der Waals surface area contributed by atoms with Crippen LogP contribution in [0.2, 0.25) is 10.0 Å². The van der Waals surface area contributed by atoms with E-state index in [1.807, 2.05) is 53.4 Å². The number of hydrogen-bond acceptors (Lipinski definition) is 5. The smallest absolute Gasteiger partial charge is 0.269 e. The molecule has 2 aromatic heterocycles.